The molecule has 0 aliphatic carbocycles. The third-order valence-electron chi connectivity index (χ3n) is 4.13. The molecule has 0 radical (unpaired) electrons. The van der Waals surface area contributed by atoms with Gasteiger partial charge in [-0.1, -0.05) is 17.7 Å². The third kappa shape index (κ3) is 4.14. The second-order valence-electron chi connectivity index (χ2n) is 6.20. The lowest BCUT2D eigenvalue weighted by Crippen LogP contribution is -1.94. The van der Waals surface area contributed by atoms with Gasteiger partial charge in [0.25, 0.3) is 0 Å². The highest BCUT2D eigenvalue weighted by atomic mass is 79.9. The Morgan fingerprint density at radius 2 is 1.93 bits per heavy atom. The average Bonchev–Trinajstić information content (AvgIpc) is 3.06. The van der Waals surface area contributed by atoms with Crippen molar-refractivity contribution in [1.29, 1.82) is 0 Å². The van der Waals surface area contributed by atoms with Crippen LogP contribution >= 0.6 is 27.3 Å². The van der Waals surface area contributed by atoms with Crippen LogP contribution in [0.1, 0.15) is 22.3 Å². The Bertz CT molecular complexity index is 991. The van der Waals surface area contributed by atoms with Gasteiger partial charge in [-0.15, -0.1) is 11.3 Å². The van der Waals surface area contributed by atoms with E-state index < -0.39 is 0 Å². The molecule has 0 spiro atoms. The van der Waals surface area contributed by atoms with Crippen molar-refractivity contribution < 1.29 is 9.84 Å². The molecule has 2 N–H and O–H groups in total. The lowest BCUT2D eigenvalue weighted by Gasteiger charge is -2.08. The molecule has 1 aromatic heterocycles. The Balaban J connectivity index is 1.78. The van der Waals surface area contributed by atoms with Crippen LogP contribution < -0.4 is 10.2 Å². The number of phenolic OH excluding ortho intramolecular Hbond substituents is 1. The number of aromatic nitrogens is 1. The molecule has 0 bridgehead atoms. The Kier molecular flexibility index (Phi) is 5.82. The van der Waals surface area contributed by atoms with E-state index in [-0.39, 0.29) is 5.75 Å². The van der Waals surface area contributed by atoms with E-state index in [0.29, 0.717) is 15.4 Å². The van der Waals surface area contributed by atoms with Gasteiger partial charge in [-0.05, 0) is 60.0 Å². The first kappa shape index (κ1) is 19.4. The van der Waals surface area contributed by atoms with Gasteiger partial charge in [0.05, 0.1) is 23.5 Å². The Hall–Kier alpha value is -2.38. The topological polar surface area (TPSA) is 66.7 Å². The van der Waals surface area contributed by atoms with Gasteiger partial charge in [-0.2, -0.15) is 5.10 Å². The van der Waals surface area contributed by atoms with E-state index in [0.717, 1.165) is 16.8 Å². The predicted octanol–water partition coefficient (Wildman–Crippen LogP) is 5.66. The Labute approximate surface area is 170 Å². The molecule has 7 heteroatoms. The van der Waals surface area contributed by atoms with Crippen LogP contribution in [0.25, 0.3) is 11.3 Å². The molecule has 0 unspecified atom stereocenters. The van der Waals surface area contributed by atoms with Crippen molar-refractivity contribution >= 4 is 38.6 Å². The summed E-state index contributed by atoms with van der Waals surface area (Å²) in [6.07, 6.45) is 1.62. The monoisotopic (exact) mass is 445 g/mol. The van der Waals surface area contributed by atoms with Gasteiger partial charge in [-0.3, -0.25) is 5.43 Å². The highest BCUT2D eigenvalue weighted by Crippen LogP contribution is 2.36. The summed E-state index contributed by atoms with van der Waals surface area (Å²) in [5.74, 6) is 0.448. The van der Waals surface area contributed by atoms with Crippen LogP contribution in [0.15, 0.2) is 39.2 Å². The number of anilines is 1. The van der Waals surface area contributed by atoms with E-state index in [1.807, 2.05) is 5.38 Å². The maximum absolute atomic E-state index is 10.0. The average molecular weight is 446 g/mol. The fourth-order valence-corrected chi connectivity index (χ4v) is 4.09. The van der Waals surface area contributed by atoms with E-state index in [4.69, 9.17) is 4.74 Å². The molecule has 5 nitrogen and oxygen atoms in total. The fraction of sp³-hybridized carbons (Fsp3) is 0.200. The summed E-state index contributed by atoms with van der Waals surface area (Å²) >= 11 is 4.85. The first-order chi connectivity index (χ1) is 12.9. The second kappa shape index (κ2) is 8.10. The zero-order chi connectivity index (χ0) is 19.6. The highest BCUT2D eigenvalue weighted by molar-refractivity contribution is 9.10. The van der Waals surface area contributed by atoms with E-state index in [9.17, 15) is 5.11 Å². The molecule has 140 valence electrons. The number of hydrogen-bond acceptors (Lipinski definition) is 6. The Morgan fingerprint density at radius 3 is 2.59 bits per heavy atom. The van der Waals surface area contributed by atoms with Gasteiger partial charge >= 0.3 is 0 Å². The number of halogens is 1. The number of hydrazone groups is 1. The van der Waals surface area contributed by atoms with Crippen molar-refractivity contribution in [2.24, 2.45) is 5.10 Å². The molecule has 3 aromatic rings. The van der Waals surface area contributed by atoms with E-state index in [2.05, 4.69) is 64.3 Å². The van der Waals surface area contributed by atoms with Crippen LogP contribution in [0.3, 0.4) is 0 Å². The molecule has 0 saturated carbocycles. The van der Waals surface area contributed by atoms with Gasteiger partial charge in [0.2, 0.25) is 5.13 Å². The first-order valence-corrected chi connectivity index (χ1v) is 9.96. The van der Waals surface area contributed by atoms with Crippen molar-refractivity contribution in [3.05, 3.63) is 56.4 Å². The van der Waals surface area contributed by atoms with Crippen LogP contribution in [0.5, 0.6) is 11.5 Å². The number of methoxy groups -OCH3 is 1. The molecule has 0 fully saturated rings. The molecule has 1 heterocycles. The standard InChI is InChI=1S/C20H20BrN3O2S/c1-11-7-12(2)17(13(3)8-11)15-10-27-20(23-15)24-22-9-14-5-6-16(26-4)19(25)18(14)21/h5-10,25H,1-4H3,(H,23,24)/b22-9-. The van der Waals surface area contributed by atoms with Crippen LogP contribution in [0.4, 0.5) is 5.13 Å². The molecule has 0 amide bonds. The molecule has 0 aliphatic rings. The molecule has 3 rings (SSSR count). The number of nitrogens with one attached hydrogen (secondary N) is 1. The summed E-state index contributed by atoms with van der Waals surface area (Å²) in [4.78, 5) is 4.64. The van der Waals surface area contributed by atoms with Gasteiger partial charge in [0, 0.05) is 16.5 Å². The molecule has 0 aliphatic heterocycles. The maximum atomic E-state index is 10.0. The minimum absolute atomic E-state index is 0.0447. The number of aromatic hydroxyl groups is 1. The number of aryl methyl sites for hydroxylation is 3. The zero-order valence-electron chi connectivity index (χ0n) is 15.5. The molecule has 2 aromatic carbocycles. The number of hydrogen-bond donors (Lipinski definition) is 2. The number of thiazole rings is 1. The quantitative estimate of drug-likeness (QED) is 0.392. The van der Waals surface area contributed by atoms with Crippen LogP contribution in [-0.2, 0) is 0 Å². The third-order valence-corrected chi connectivity index (χ3v) is 5.71. The lowest BCUT2D eigenvalue weighted by molar-refractivity contribution is 0.372. The minimum atomic E-state index is 0.0447. The number of benzene rings is 2. The van der Waals surface area contributed by atoms with Crippen LogP contribution in [-0.4, -0.2) is 23.4 Å². The van der Waals surface area contributed by atoms with Crippen molar-refractivity contribution in [2.75, 3.05) is 12.5 Å². The van der Waals surface area contributed by atoms with Crippen LogP contribution in [0.2, 0.25) is 0 Å². The van der Waals surface area contributed by atoms with E-state index in [1.54, 1.807) is 18.3 Å². The summed E-state index contributed by atoms with van der Waals surface area (Å²) < 4.78 is 5.60. The van der Waals surface area contributed by atoms with E-state index in [1.165, 1.54) is 35.1 Å². The zero-order valence-corrected chi connectivity index (χ0v) is 17.9. The fourth-order valence-electron chi connectivity index (χ4n) is 3.01. The van der Waals surface area contributed by atoms with Gasteiger partial charge in [-0.25, -0.2) is 4.98 Å². The molecular formula is C20H20BrN3O2S. The van der Waals surface area contributed by atoms with Crippen molar-refractivity contribution in [2.45, 2.75) is 20.8 Å². The minimum Gasteiger partial charge on any atom is -0.503 e. The van der Waals surface area contributed by atoms with E-state index >= 15 is 0 Å². The summed E-state index contributed by atoms with van der Waals surface area (Å²) in [5.41, 5.74) is 9.46. The molecule has 0 saturated heterocycles. The van der Waals surface area contributed by atoms with Gasteiger partial charge < -0.3 is 9.84 Å². The van der Waals surface area contributed by atoms with Gasteiger partial charge in [0.15, 0.2) is 11.5 Å². The number of nitrogens with zero attached hydrogens (tertiary/aromatic N) is 2. The van der Waals surface area contributed by atoms with Crippen molar-refractivity contribution in [3.8, 4) is 22.8 Å². The number of rotatable bonds is 5. The number of phenols is 1. The smallest absolute Gasteiger partial charge is 0.203 e. The van der Waals surface area contributed by atoms with Crippen molar-refractivity contribution in [1.82, 2.24) is 4.98 Å². The maximum Gasteiger partial charge on any atom is 0.203 e. The largest absolute Gasteiger partial charge is 0.503 e. The molecule has 0 atom stereocenters. The van der Waals surface area contributed by atoms with Crippen molar-refractivity contribution in [3.63, 3.8) is 0 Å². The lowest BCUT2D eigenvalue weighted by atomic mass is 9.98. The molecule has 27 heavy (non-hydrogen) atoms. The first-order valence-electron chi connectivity index (χ1n) is 8.29. The van der Waals surface area contributed by atoms with Gasteiger partial charge in [0.1, 0.15) is 0 Å². The normalized spacial score (nSPS) is 11.1. The second-order valence-corrected chi connectivity index (χ2v) is 7.85. The summed E-state index contributed by atoms with van der Waals surface area (Å²) in [7, 11) is 1.51. The highest BCUT2D eigenvalue weighted by Gasteiger charge is 2.11. The summed E-state index contributed by atoms with van der Waals surface area (Å²) in [6, 6.07) is 7.83. The number of ether oxygens (including phenoxy) is 1. The van der Waals surface area contributed by atoms with Crippen LogP contribution in [0, 0.1) is 20.8 Å². The summed E-state index contributed by atoms with van der Waals surface area (Å²) in [5, 5.41) is 17.0. The predicted molar refractivity (Wildman–Crippen MR) is 115 cm³/mol. The summed E-state index contributed by atoms with van der Waals surface area (Å²) in [6.45, 7) is 6.31. The Morgan fingerprint density at radius 1 is 1.22 bits per heavy atom. The SMILES string of the molecule is COc1ccc(/C=N\Nc2nc(-c3c(C)cc(C)cc3C)cs2)c(Br)c1O. The molecular weight excluding hydrogens is 426 g/mol.